The smallest absolute Gasteiger partial charge is 0.137 e. The molecule has 0 spiro atoms. The van der Waals surface area contributed by atoms with Crippen LogP contribution in [0, 0.1) is 5.92 Å². The Balaban J connectivity index is 1.10. The van der Waals surface area contributed by atoms with Crippen LogP contribution < -0.4 is 0 Å². The van der Waals surface area contributed by atoms with Crippen LogP contribution in [0.1, 0.15) is 23.5 Å². The summed E-state index contributed by atoms with van der Waals surface area (Å²) in [5.41, 5.74) is 12.8. The van der Waals surface area contributed by atoms with Crippen LogP contribution in [-0.2, 0) is 0 Å². The van der Waals surface area contributed by atoms with Crippen molar-refractivity contribution in [1.82, 2.24) is 24.5 Å². The van der Waals surface area contributed by atoms with E-state index in [4.69, 9.17) is 15.0 Å². The highest BCUT2D eigenvalue weighted by Gasteiger charge is 2.40. The summed E-state index contributed by atoms with van der Waals surface area (Å²) in [4.78, 5) is 19.9. The lowest BCUT2D eigenvalue weighted by Gasteiger charge is -2.18. The number of hydrogen-bond acceptors (Lipinski definition) is 4. The Morgan fingerprint density at radius 2 is 1.31 bits per heavy atom. The number of fused-ring (bicyclic) bond motifs is 8. The van der Waals surface area contributed by atoms with Crippen LogP contribution in [0.15, 0.2) is 158 Å². The highest BCUT2D eigenvalue weighted by Crippen LogP contribution is 2.55. The van der Waals surface area contributed by atoms with Gasteiger partial charge in [0, 0.05) is 34.3 Å². The first-order valence-corrected chi connectivity index (χ1v) is 17.9. The number of nitrogens with zero attached hydrogens (tertiary/aromatic N) is 5. The lowest BCUT2D eigenvalue weighted by molar-refractivity contribution is 1.00. The zero-order valence-corrected chi connectivity index (χ0v) is 28.2. The molecule has 1 saturated carbocycles. The Labute approximate surface area is 300 Å². The summed E-state index contributed by atoms with van der Waals surface area (Å²) in [5, 5.41) is 4.88. The molecular weight excluding hydrogens is 635 g/mol. The molecule has 0 bridgehead atoms. The molecule has 0 amide bonds. The SMILES string of the molecule is C1=CC2CC2c2cc(-c3cc(-c4ccc(-n5c6ccccc6c6ccncc65)nc4)nc(-c4cccc(-c5ccccc5)n4)c3)c3ccccc3c21. The molecule has 52 heavy (non-hydrogen) atoms. The van der Waals surface area contributed by atoms with E-state index in [0.29, 0.717) is 11.8 Å². The van der Waals surface area contributed by atoms with Crippen molar-refractivity contribution in [1.29, 1.82) is 0 Å². The molecule has 5 nitrogen and oxygen atoms in total. The maximum absolute atomic E-state index is 5.29. The normalized spacial score (nSPS) is 15.9. The van der Waals surface area contributed by atoms with Crippen LogP contribution in [0.5, 0.6) is 0 Å². The maximum atomic E-state index is 5.29. The molecule has 4 aromatic carbocycles. The molecule has 2 atom stereocenters. The zero-order valence-electron chi connectivity index (χ0n) is 28.2. The monoisotopic (exact) mass is 665 g/mol. The van der Waals surface area contributed by atoms with Crippen molar-refractivity contribution >= 4 is 38.7 Å². The minimum absolute atomic E-state index is 0.598. The molecule has 2 unspecified atom stereocenters. The lowest BCUT2D eigenvalue weighted by atomic mass is 9.86. The first-order valence-electron chi connectivity index (χ1n) is 17.9. The maximum Gasteiger partial charge on any atom is 0.137 e. The van der Waals surface area contributed by atoms with E-state index >= 15 is 0 Å². The van der Waals surface area contributed by atoms with Gasteiger partial charge in [0.05, 0.1) is 40.0 Å². The van der Waals surface area contributed by atoms with Crippen LogP contribution in [-0.4, -0.2) is 24.5 Å². The fourth-order valence-electron chi connectivity index (χ4n) is 8.20. The summed E-state index contributed by atoms with van der Waals surface area (Å²) in [6.45, 7) is 0. The summed E-state index contributed by atoms with van der Waals surface area (Å²) in [6.07, 6.45) is 11.7. The van der Waals surface area contributed by atoms with Crippen LogP contribution in [0.4, 0.5) is 0 Å². The van der Waals surface area contributed by atoms with E-state index in [1.165, 1.54) is 39.3 Å². The number of para-hydroxylation sites is 1. The average Bonchev–Trinajstić information content (AvgIpc) is 3.95. The van der Waals surface area contributed by atoms with Gasteiger partial charge in [0.2, 0.25) is 0 Å². The molecule has 0 aliphatic heterocycles. The second kappa shape index (κ2) is 11.4. The second-order valence-electron chi connectivity index (χ2n) is 13.9. The van der Waals surface area contributed by atoms with Crippen LogP contribution in [0.25, 0.3) is 89.5 Å². The van der Waals surface area contributed by atoms with Gasteiger partial charge in [-0.15, -0.1) is 0 Å². The molecule has 11 rings (SSSR count). The largest absolute Gasteiger partial charge is 0.292 e. The first-order chi connectivity index (χ1) is 25.8. The third-order valence-electron chi connectivity index (χ3n) is 10.8. The van der Waals surface area contributed by atoms with E-state index in [2.05, 4.69) is 137 Å². The third kappa shape index (κ3) is 4.63. The van der Waals surface area contributed by atoms with Crippen LogP contribution >= 0.6 is 0 Å². The predicted molar refractivity (Wildman–Crippen MR) is 211 cm³/mol. The summed E-state index contributed by atoms with van der Waals surface area (Å²) < 4.78 is 2.19. The Morgan fingerprint density at radius 1 is 0.538 bits per heavy atom. The van der Waals surface area contributed by atoms with Crippen molar-refractivity contribution < 1.29 is 0 Å². The van der Waals surface area contributed by atoms with Gasteiger partial charge in [-0.2, -0.15) is 0 Å². The van der Waals surface area contributed by atoms with Gasteiger partial charge < -0.3 is 0 Å². The molecule has 5 aromatic heterocycles. The molecule has 244 valence electrons. The Hall–Kier alpha value is -6.72. The van der Waals surface area contributed by atoms with Gasteiger partial charge in [-0.3, -0.25) is 9.55 Å². The van der Waals surface area contributed by atoms with Crippen LogP contribution in [0.3, 0.4) is 0 Å². The van der Waals surface area contributed by atoms with E-state index in [1.807, 2.05) is 36.8 Å². The Kier molecular flexibility index (Phi) is 6.37. The summed E-state index contributed by atoms with van der Waals surface area (Å²) in [6, 6.07) is 47.0. The van der Waals surface area contributed by atoms with Crippen LogP contribution in [0.2, 0.25) is 0 Å². The van der Waals surface area contributed by atoms with Gasteiger partial charge in [-0.1, -0.05) is 91.0 Å². The molecule has 9 aromatic rings. The molecule has 5 heteroatoms. The number of aromatic nitrogens is 5. The van der Waals surface area contributed by atoms with Crippen molar-refractivity contribution in [3.05, 3.63) is 169 Å². The molecule has 5 heterocycles. The molecule has 0 saturated heterocycles. The fraction of sp³-hybridized carbons (Fsp3) is 0.0638. The number of hydrogen-bond donors (Lipinski definition) is 0. The van der Waals surface area contributed by atoms with Crippen molar-refractivity contribution in [2.45, 2.75) is 12.3 Å². The second-order valence-corrected chi connectivity index (χ2v) is 13.9. The van der Waals surface area contributed by atoms with E-state index in [-0.39, 0.29) is 0 Å². The van der Waals surface area contributed by atoms with Gasteiger partial charge in [0.25, 0.3) is 0 Å². The molecule has 0 N–H and O–H groups in total. The minimum atomic E-state index is 0.598. The van der Waals surface area contributed by atoms with Crippen molar-refractivity contribution in [2.75, 3.05) is 0 Å². The molecule has 2 aliphatic rings. The summed E-state index contributed by atoms with van der Waals surface area (Å²) in [7, 11) is 0. The Morgan fingerprint density at radius 3 is 2.19 bits per heavy atom. The standard InChI is InChI=1S/C47H31N5/c1-2-9-29(10-3-1)41-14-8-15-42(50-41)44-25-32(39-26-40-35(19-17-30-23-38(30)40)33-11-4-5-12-34(33)39)24-43(51-44)31-18-20-47(49-27-31)52-45-16-7-6-13-36(45)37-21-22-48-28-46(37)52/h1-22,24-28,30,38H,23H2. The average molecular weight is 666 g/mol. The van der Waals surface area contributed by atoms with Crippen molar-refractivity contribution in [3.8, 4) is 50.8 Å². The molecular formula is C47H31N5. The summed E-state index contributed by atoms with van der Waals surface area (Å²) in [5.74, 6) is 2.09. The number of benzene rings is 4. The number of rotatable bonds is 5. The van der Waals surface area contributed by atoms with Gasteiger partial charge in [0.1, 0.15) is 5.82 Å². The molecule has 2 aliphatic carbocycles. The Bertz CT molecular complexity index is 2830. The van der Waals surface area contributed by atoms with E-state index in [9.17, 15) is 0 Å². The van der Waals surface area contributed by atoms with Crippen molar-refractivity contribution in [3.63, 3.8) is 0 Å². The minimum Gasteiger partial charge on any atom is -0.292 e. The van der Waals surface area contributed by atoms with Gasteiger partial charge in [-0.25, -0.2) is 15.0 Å². The topological polar surface area (TPSA) is 56.5 Å². The quantitative estimate of drug-likeness (QED) is 0.184. The molecule has 1 fully saturated rings. The van der Waals surface area contributed by atoms with Gasteiger partial charge in [-0.05, 0) is 106 Å². The lowest BCUT2D eigenvalue weighted by Crippen LogP contribution is -1.99. The number of pyridine rings is 4. The highest BCUT2D eigenvalue weighted by atomic mass is 15.1. The fourth-order valence-corrected chi connectivity index (χ4v) is 8.20. The third-order valence-corrected chi connectivity index (χ3v) is 10.8. The molecule has 0 radical (unpaired) electrons. The van der Waals surface area contributed by atoms with E-state index in [1.54, 1.807) is 0 Å². The first kappa shape index (κ1) is 29.1. The van der Waals surface area contributed by atoms with Crippen molar-refractivity contribution in [2.24, 2.45) is 5.92 Å². The van der Waals surface area contributed by atoms with E-state index in [0.717, 1.165) is 61.7 Å². The predicted octanol–water partition coefficient (Wildman–Crippen LogP) is 11.3. The highest BCUT2D eigenvalue weighted by molar-refractivity contribution is 6.09. The van der Waals surface area contributed by atoms with E-state index < -0.39 is 0 Å². The zero-order chi connectivity index (χ0) is 34.2. The summed E-state index contributed by atoms with van der Waals surface area (Å²) >= 11 is 0. The van der Waals surface area contributed by atoms with Gasteiger partial charge in [0.15, 0.2) is 0 Å². The number of allylic oxidation sites excluding steroid dienone is 1. The van der Waals surface area contributed by atoms with Gasteiger partial charge >= 0.3 is 0 Å².